The fourth-order valence-electron chi connectivity index (χ4n) is 0.491. The first-order valence-corrected chi connectivity index (χ1v) is 5.28. The molecule has 0 aliphatic heterocycles. The number of aliphatic hydroxyl groups is 1. The van der Waals surface area contributed by atoms with Crippen LogP contribution in [0.25, 0.3) is 0 Å². The van der Waals surface area contributed by atoms with Crippen LogP contribution in [-0.4, -0.2) is 66.1 Å². The Morgan fingerprint density at radius 1 is 1.50 bits per heavy atom. The molecule has 0 fully saturated rings. The van der Waals surface area contributed by atoms with Crippen molar-refractivity contribution >= 4 is 39.7 Å². The van der Waals surface area contributed by atoms with Gasteiger partial charge in [-0.05, 0) is 19.3 Å². The van der Waals surface area contributed by atoms with Crippen LogP contribution in [0.5, 0.6) is 0 Å². The van der Waals surface area contributed by atoms with Gasteiger partial charge in [0.15, 0.2) is 0 Å². The zero-order valence-electron chi connectivity index (χ0n) is 8.23. The molecule has 0 saturated carbocycles. The average molecular weight is 231 g/mol. The summed E-state index contributed by atoms with van der Waals surface area (Å²) in [5, 5.41) is 8.65. The predicted octanol–water partition coefficient (Wildman–Crippen LogP) is -0.758. The Bertz CT molecular complexity index is 287. The first-order chi connectivity index (χ1) is 5.92. The largest absolute Gasteiger partial charge is 0.447 e. The smallest absolute Gasteiger partial charge is 0.264 e. The van der Waals surface area contributed by atoms with Crippen molar-refractivity contribution in [2.75, 3.05) is 12.4 Å². The number of aliphatic hydroxyl groups excluding tert-OH is 1. The Morgan fingerprint density at radius 2 is 2.07 bits per heavy atom. The van der Waals surface area contributed by atoms with Crippen LogP contribution in [0.4, 0.5) is 0 Å². The molecule has 0 aromatic carbocycles. The van der Waals surface area contributed by atoms with Gasteiger partial charge in [-0.2, -0.15) is 8.42 Å². The maximum atomic E-state index is 10.2. The van der Waals surface area contributed by atoms with E-state index in [1.165, 1.54) is 6.92 Å². The summed E-state index contributed by atoms with van der Waals surface area (Å²) in [6.07, 6.45) is 1.61. The van der Waals surface area contributed by atoms with E-state index in [9.17, 15) is 8.42 Å². The normalized spacial score (nSPS) is 11.9. The summed E-state index contributed by atoms with van der Waals surface area (Å²) >= 11 is 0. The van der Waals surface area contributed by atoms with Gasteiger partial charge in [0.05, 0.1) is 5.75 Å². The van der Waals surface area contributed by atoms with Crippen LogP contribution in [0, 0.1) is 12.0 Å². The molecular weight excluding hydrogens is 219 g/mol. The minimum Gasteiger partial charge on any atom is -0.447 e. The van der Waals surface area contributed by atoms with Crippen LogP contribution in [0.2, 0.25) is 0 Å². The molecule has 1 radical (unpaired) electrons. The summed E-state index contributed by atoms with van der Waals surface area (Å²) in [7, 11) is -3.91. The molecule has 0 rings (SSSR count). The molecule has 0 aromatic rings. The Kier molecular flexibility index (Phi) is 10.1. The van der Waals surface area contributed by atoms with E-state index in [4.69, 9.17) is 9.66 Å². The van der Waals surface area contributed by atoms with E-state index < -0.39 is 16.2 Å². The van der Waals surface area contributed by atoms with Gasteiger partial charge < -0.3 is 9.84 Å². The minimum atomic E-state index is -3.91. The van der Waals surface area contributed by atoms with E-state index in [0.717, 1.165) is 0 Å². The second-order valence-electron chi connectivity index (χ2n) is 2.41. The van der Waals surface area contributed by atoms with Crippen LogP contribution >= 0.6 is 0 Å². The SMILES string of the molecule is CC(O)C#COCCCS(=O)(=O)O.[Na]. The fraction of sp³-hybridized carbons (Fsp3) is 0.714. The van der Waals surface area contributed by atoms with Crippen molar-refractivity contribution in [1.29, 1.82) is 0 Å². The molecule has 14 heavy (non-hydrogen) atoms. The Labute approximate surface area is 106 Å². The summed E-state index contributed by atoms with van der Waals surface area (Å²) < 4.78 is 33.3. The maximum absolute atomic E-state index is 10.2. The van der Waals surface area contributed by atoms with E-state index in [0.29, 0.717) is 0 Å². The fourth-order valence-corrected chi connectivity index (χ4v) is 0.974. The molecular formula is C7H12NaO5S. The molecule has 7 heteroatoms. The molecule has 0 amide bonds. The summed E-state index contributed by atoms with van der Waals surface area (Å²) in [6.45, 7) is 1.59. The van der Waals surface area contributed by atoms with Crippen LogP contribution < -0.4 is 0 Å². The topological polar surface area (TPSA) is 83.8 Å². The zero-order chi connectivity index (χ0) is 10.3. The van der Waals surface area contributed by atoms with E-state index in [1.807, 2.05) is 0 Å². The number of ether oxygens (including phenoxy) is 1. The number of rotatable bonds is 4. The molecule has 0 aromatic heterocycles. The van der Waals surface area contributed by atoms with Crippen LogP contribution in [-0.2, 0) is 14.9 Å². The molecule has 0 bridgehead atoms. The second-order valence-corrected chi connectivity index (χ2v) is 3.98. The molecule has 2 N–H and O–H groups in total. The van der Waals surface area contributed by atoms with E-state index in [2.05, 4.69) is 16.8 Å². The number of hydrogen-bond donors (Lipinski definition) is 2. The standard InChI is InChI=1S/C7H12O5S.Na/c1-7(8)3-5-12-4-2-6-13(9,10)11;/h7-8H,2,4,6H2,1H3,(H,9,10,11);. The summed E-state index contributed by atoms with van der Waals surface area (Å²) in [5.41, 5.74) is 0. The zero-order valence-corrected chi connectivity index (χ0v) is 11.0. The third-order valence-electron chi connectivity index (χ3n) is 0.989. The van der Waals surface area contributed by atoms with Gasteiger partial charge in [-0.25, -0.2) is 0 Å². The molecule has 1 unspecified atom stereocenters. The predicted molar refractivity (Wildman–Crippen MR) is 52.2 cm³/mol. The Hall–Kier alpha value is 0.230. The van der Waals surface area contributed by atoms with Crippen molar-refractivity contribution < 1.29 is 22.8 Å². The van der Waals surface area contributed by atoms with Crippen molar-refractivity contribution in [2.45, 2.75) is 19.4 Å². The van der Waals surface area contributed by atoms with Gasteiger partial charge in [0.2, 0.25) is 0 Å². The van der Waals surface area contributed by atoms with Gasteiger partial charge in [0.1, 0.15) is 18.8 Å². The molecule has 0 spiro atoms. The van der Waals surface area contributed by atoms with Crippen LogP contribution in [0.15, 0.2) is 0 Å². The molecule has 0 aliphatic rings. The maximum Gasteiger partial charge on any atom is 0.264 e. The van der Waals surface area contributed by atoms with E-state index >= 15 is 0 Å². The first-order valence-electron chi connectivity index (χ1n) is 3.67. The van der Waals surface area contributed by atoms with Crippen molar-refractivity contribution in [2.24, 2.45) is 0 Å². The monoisotopic (exact) mass is 231 g/mol. The quantitative estimate of drug-likeness (QED) is 0.287. The van der Waals surface area contributed by atoms with Gasteiger partial charge >= 0.3 is 0 Å². The third kappa shape index (κ3) is 14.7. The molecule has 0 saturated heterocycles. The first kappa shape index (κ1) is 16.7. The van der Waals surface area contributed by atoms with Gasteiger partial charge in [-0.15, -0.1) is 0 Å². The third-order valence-corrected chi connectivity index (χ3v) is 1.79. The summed E-state index contributed by atoms with van der Waals surface area (Å²) in [6, 6.07) is 0. The minimum absolute atomic E-state index is 0. The van der Waals surface area contributed by atoms with Crippen LogP contribution in [0.3, 0.4) is 0 Å². The summed E-state index contributed by atoms with van der Waals surface area (Å²) in [5.74, 6) is 1.97. The number of hydrogen-bond acceptors (Lipinski definition) is 4. The van der Waals surface area contributed by atoms with Crippen molar-refractivity contribution in [3.8, 4) is 12.0 Å². The van der Waals surface area contributed by atoms with Crippen LogP contribution in [0.1, 0.15) is 13.3 Å². The Balaban J connectivity index is 0. The van der Waals surface area contributed by atoms with Gasteiger partial charge in [0, 0.05) is 29.6 Å². The molecule has 0 aliphatic carbocycles. The Morgan fingerprint density at radius 3 is 2.50 bits per heavy atom. The van der Waals surface area contributed by atoms with Gasteiger partial charge in [-0.1, -0.05) is 0 Å². The average Bonchev–Trinajstić information content (AvgIpc) is 1.93. The molecule has 77 valence electrons. The van der Waals surface area contributed by atoms with Crippen molar-refractivity contribution in [1.82, 2.24) is 0 Å². The van der Waals surface area contributed by atoms with E-state index in [1.54, 1.807) is 0 Å². The van der Waals surface area contributed by atoms with Gasteiger partial charge in [-0.3, -0.25) is 4.55 Å². The van der Waals surface area contributed by atoms with E-state index in [-0.39, 0.29) is 48.3 Å². The molecule has 1 atom stereocenters. The molecule has 0 heterocycles. The summed E-state index contributed by atoms with van der Waals surface area (Å²) in [4.78, 5) is 0. The molecule has 5 nitrogen and oxygen atoms in total. The second kappa shape index (κ2) is 8.53. The van der Waals surface area contributed by atoms with Crippen molar-refractivity contribution in [3.63, 3.8) is 0 Å². The van der Waals surface area contributed by atoms with Gasteiger partial charge in [0.25, 0.3) is 10.1 Å². The van der Waals surface area contributed by atoms with Crippen molar-refractivity contribution in [3.05, 3.63) is 0 Å².